The van der Waals surface area contributed by atoms with Crippen molar-refractivity contribution in [2.75, 3.05) is 0 Å². The summed E-state index contributed by atoms with van der Waals surface area (Å²) >= 11 is 7.70. The van der Waals surface area contributed by atoms with Crippen molar-refractivity contribution in [3.8, 4) is 0 Å². The average Bonchev–Trinajstić information content (AvgIpc) is 2.74. The molecular formula is C12H13ClN2S. The summed E-state index contributed by atoms with van der Waals surface area (Å²) in [5, 5.41) is 3.80. The fraction of sp³-hybridized carbons (Fsp3) is 0.250. The van der Waals surface area contributed by atoms with E-state index in [-0.39, 0.29) is 6.04 Å². The first-order valence-electron chi connectivity index (χ1n) is 5.07. The van der Waals surface area contributed by atoms with Crippen molar-refractivity contribution in [1.82, 2.24) is 4.98 Å². The third-order valence-corrected chi connectivity index (χ3v) is 3.80. The van der Waals surface area contributed by atoms with Crippen LogP contribution in [0.1, 0.15) is 22.2 Å². The molecule has 2 nitrogen and oxygen atoms in total. The summed E-state index contributed by atoms with van der Waals surface area (Å²) in [7, 11) is 0. The molecule has 0 aliphatic carbocycles. The lowest BCUT2D eigenvalue weighted by molar-refractivity contribution is 0.713. The molecule has 2 aromatic rings. The maximum atomic E-state index is 6.16. The largest absolute Gasteiger partial charge is 0.324 e. The molecule has 84 valence electrons. The van der Waals surface area contributed by atoms with Gasteiger partial charge in [0.05, 0.1) is 5.01 Å². The van der Waals surface area contributed by atoms with E-state index in [1.165, 1.54) is 0 Å². The molecule has 1 unspecified atom stereocenters. The average molecular weight is 253 g/mol. The molecule has 0 bridgehead atoms. The van der Waals surface area contributed by atoms with Crippen LogP contribution in [0.3, 0.4) is 0 Å². The third-order valence-electron chi connectivity index (χ3n) is 2.59. The second-order valence-corrected chi connectivity index (χ2v) is 5.08. The number of aromatic nitrogens is 1. The number of nitrogens with zero attached hydrogens (tertiary/aromatic N) is 1. The maximum Gasteiger partial charge on any atom is 0.0943 e. The van der Waals surface area contributed by atoms with E-state index >= 15 is 0 Å². The molecule has 2 rings (SSSR count). The Morgan fingerprint density at radius 3 is 3.00 bits per heavy atom. The summed E-state index contributed by atoms with van der Waals surface area (Å²) in [6.45, 7) is 2.00. The standard InChI is InChI=1S/C12H13ClN2S/c1-8-9(3-2-4-10(8)13)11(14)7-12-15-5-6-16-12/h2-6,11H,7,14H2,1H3. The van der Waals surface area contributed by atoms with Crippen LogP contribution in [0.15, 0.2) is 29.8 Å². The highest BCUT2D eigenvalue weighted by Gasteiger charge is 2.12. The predicted molar refractivity (Wildman–Crippen MR) is 68.9 cm³/mol. The van der Waals surface area contributed by atoms with Gasteiger partial charge >= 0.3 is 0 Å². The number of nitrogens with two attached hydrogens (primary N) is 1. The van der Waals surface area contributed by atoms with Crippen molar-refractivity contribution < 1.29 is 0 Å². The van der Waals surface area contributed by atoms with Crippen molar-refractivity contribution >= 4 is 22.9 Å². The van der Waals surface area contributed by atoms with Gasteiger partial charge in [0.25, 0.3) is 0 Å². The van der Waals surface area contributed by atoms with E-state index < -0.39 is 0 Å². The second-order valence-electron chi connectivity index (χ2n) is 3.69. The summed E-state index contributed by atoms with van der Waals surface area (Å²) in [5.41, 5.74) is 8.33. The zero-order chi connectivity index (χ0) is 11.5. The molecule has 0 spiro atoms. The Bertz CT molecular complexity index is 468. The van der Waals surface area contributed by atoms with Gasteiger partial charge in [-0.15, -0.1) is 11.3 Å². The first kappa shape index (κ1) is 11.6. The Kier molecular flexibility index (Phi) is 3.59. The van der Waals surface area contributed by atoms with Crippen LogP contribution in [0, 0.1) is 6.92 Å². The van der Waals surface area contributed by atoms with Crippen molar-refractivity contribution in [1.29, 1.82) is 0 Å². The lowest BCUT2D eigenvalue weighted by Crippen LogP contribution is -2.14. The molecular weight excluding hydrogens is 240 g/mol. The number of halogens is 1. The molecule has 0 saturated carbocycles. The van der Waals surface area contributed by atoms with Gasteiger partial charge in [-0.05, 0) is 24.1 Å². The first-order valence-corrected chi connectivity index (χ1v) is 6.33. The van der Waals surface area contributed by atoms with Crippen LogP contribution in [0.5, 0.6) is 0 Å². The Hall–Kier alpha value is -0.900. The predicted octanol–water partition coefficient (Wildman–Crippen LogP) is 3.35. The van der Waals surface area contributed by atoms with Gasteiger partial charge in [0.1, 0.15) is 0 Å². The smallest absolute Gasteiger partial charge is 0.0943 e. The first-order chi connectivity index (χ1) is 7.68. The van der Waals surface area contributed by atoms with Crippen LogP contribution < -0.4 is 5.73 Å². The molecule has 0 saturated heterocycles. The third kappa shape index (κ3) is 2.43. The van der Waals surface area contributed by atoms with Crippen molar-refractivity contribution in [3.63, 3.8) is 0 Å². The van der Waals surface area contributed by atoms with Crippen molar-refractivity contribution in [2.24, 2.45) is 5.73 Å². The Morgan fingerprint density at radius 1 is 1.50 bits per heavy atom. The van der Waals surface area contributed by atoms with Crippen LogP contribution in [-0.4, -0.2) is 4.98 Å². The van der Waals surface area contributed by atoms with E-state index in [4.69, 9.17) is 17.3 Å². The molecule has 1 aromatic heterocycles. The molecule has 0 aliphatic rings. The van der Waals surface area contributed by atoms with Crippen molar-refractivity contribution in [2.45, 2.75) is 19.4 Å². The minimum absolute atomic E-state index is 0.0372. The van der Waals surface area contributed by atoms with Crippen LogP contribution in [0.4, 0.5) is 0 Å². The summed E-state index contributed by atoms with van der Waals surface area (Å²) in [4.78, 5) is 4.24. The van der Waals surface area contributed by atoms with E-state index in [1.807, 2.05) is 30.5 Å². The van der Waals surface area contributed by atoms with Crippen molar-refractivity contribution in [3.05, 3.63) is 50.9 Å². The van der Waals surface area contributed by atoms with Crippen LogP contribution in [0.25, 0.3) is 0 Å². The Morgan fingerprint density at radius 2 is 2.31 bits per heavy atom. The Balaban J connectivity index is 2.21. The fourth-order valence-corrected chi connectivity index (χ4v) is 2.54. The molecule has 2 N–H and O–H groups in total. The molecule has 0 amide bonds. The van der Waals surface area contributed by atoms with Crippen LogP contribution in [-0.2, 0) is 6.42 Å². The summed E-state index contributed by atoms with van der Waals surface area (Å²) in [6.07, 6.45) is 2.57. The molecule has 16 heavy (non-hydrogen) atoms. The van der Waals surface area contributed by atoms with Gasteiger partial charge < -0.3 is 5.73 Å². The second kappa shape index (κ2) is 4.95. The van der Waals surface area contributed by atoms with E-state index in [9.17, 15) is 0 Å². The fourth-order valence-electron chi connectivity index (χ4n) is 1.68. The zero-order valence-corrected chi connectivity index (χ0v) is 10.6. The SMILES string of the molecule is Cc1c(Cl)cccc1C(N)Cc1nccs1. The van der Waals surface area contributed by atoms with Gasteiger partial charge in [-0.1, -0.05) is 23.7 Å². The normalized spacial score (nSPS) is 12.7. The van der Waals surface area contributed by atoms with E-state index in [1.54, 1.807) is 17.5 Å². The summed E-state index contributed by atoms with van der Waals surface area (Å²) in [6, 6.07) is 5.81. The Labute approximate surface area is 104 Å². The zero-order valence-electron chi connectivity index (χ0n) is 8.98. The van der Waals surface area contributed by atoms with Gasteiger partial charge in [-0.2, -0.15) is 0 Å². The molecule has 1 heterocycles. The van der Waals surface area contributed by atoms with E-state index in [2.05, 4.69) is 4.98 Å². The molecule has 1 aromatic carbocycles. The highest BCUT2D eigenvalue weighted by atomic mass is 35.5. The number of hydrogen-bond acceptors (Lipinski definition) is 3. The lowest BCUT2D eigenvalue weighted by atomic mass is 10.00. The van der Waals surface area contributed by atoms with Gasteiger partial charge in [0.2, 0.25) is 0 Å². The van der Waals surface area contributed by atoms with E-state index in [0.29, 0.717) is 0 Å². The maximum absolute atomic E-state index is 6.16. The van der Waals surface area contributed by atoms with Crippen LogP contribution in [0.2, 0.25) is 5.02 Å². The number of thiazole rings is 1. The number of rotatable bonds is 3. The van der Waals surface area contributed by atoms with Gasteiger partial charge in [-0.25, -0.2) is 4.98 Å². The molecule has 0 aliphatic heterocycles. The van der Waals surface area contributed by atoms with Gasteiger partial charge in [-0.3, -0.25) is 0 Å². The summed E-state index contributed by atoms with van der Waals surface area (Å²) in [5.74, 6) is 0. The lowest BCUT2D eigenvalue weighted by Gasteiger charge is -2.14. The number of benzene rings is 1. The molecule has 0 fully saturated rings. The van der Waals surface area contributed by atoms with Crippen LogP contribution >= 0.6 is 22.9 Å². The quantitative estimate of drug-likeness (QED) is 0.910. The highest BCUT2D eigenvalue weighted by Crippen LogP contribution is 2.25. The van der Waals surface area contributed by atoms with Gasteiger partial charge in [0.15, 0.2) is 0 Å². The highest BCUT2D eigenvalue weighted by molar-refractivity contribution is 7.09. The summed E-state index contributed by atoms with van der Waals surface area (Å²) < 4.78 is 0. The molecule has 1 atom stereocenters. The molecule has 0 radical (unpaired) electrons. The monoisotopic (exact) mass is 252 g/mol. The minimum Gasteiger partial charge on any atom is -0.324 e. The van der Waals surface area contributed by atoms with Gasteiger partial charge in [0, 0.05) is 29.1 Å². The number of hydrogen-bond donors (Lipinski definition) is 1. The topological polar surface area (TPSA) is 38.9 Å². The molecule has 4 heteroatoms. The minimum atomic E-state index is -0.0372. The van der Waals surface area contributed by atoms with E-state index in [0.717, 1.165) is 27.6 Å².